The SMILES string of the molecule is COc1ccc(NC(C)=O)cc1NC(=O)COC(=O)c1cc2c(s1)CCCCC2. The van der Waals surface area contributed by atoms with Crippen molar-refractivity contribution in [2.45, 2.75) is 39.0 Å². The molecule has 1 aromatic carbocycles. The van der Waals surface area contributed by atoms with Gasteiger partial charge < -0.3 is 20.1 Å². The molecule has 1 aromatic heterocycles. The lowest BCUT2D eigenvalue weighted by Gasteiger charge is -2.12. The number of amides is 2. The van der Waals surface area contributed by atoms with E-state index >= 15 is 0 Å². The number of fused-ring (bicyclic) bond motifs is 1. The zero-order chi connectivity index (χ0) is 20.8. The Labute approximate surface area is 173 Å². The molecule has 1 aliphatic carbocycles. The van der Waals surface area contributed by atoms with E-state index in [2.05, 4.69) is 10.6 Å². The molecule has 3 rings (SSSR count). The fourth-order valence-corrected chi connectivity index (χ4v) is 4.39. The topological polar surface area (TPSA) is 93.7 Å². The molecule has 0 atom stereocenters. The van der Waals surface area contributed by atoms with E-state index in [0.29, 0.717) is 22.0 Å². The van der Waals surface area contributed by atoms with Crippen molar-refractivity contribution in [3.05, 3.63) is 39.6 Å². The molecule has 154 valence electrons. The van der Waals surface area contributed by atoms with Crippen LogP contribution in [0, 0.1) is 0 Å². The number of benzene rings is 1. The fraction of sp³-hybridized carbons (Fsp3) is 0.381. The Morgan fingerprint density at radius 3 is 2.62 bits per heavy atom. The Kier molecular flexibility index (Phi) is 6.87. The van der Waals surface area contributed by atoms with Gasteiger partial charge in [0.25, 0.3) is 5.91 Å². The highest BCUT2D eigenvalue weighted by Gasteiger charge is 2.18. The van der Waals surface area contributed by atoms with Gasteiger partial charge in [-0.3, -0.25) is 9.59 Å². The summed E-state index contributed by atoms with van der Waals surface area (Å²) in [6.45, 7) is 0.987. The second kappa shape index (κ2) is 9.56. The largest absolute Gasteiger partial charge is 0.495 e. The maximum absolute atomic E-state index is 12.3. The summed E-state index contributed by atoms with van der Waals surface area (Å²) >= 11 is 1.46. The van der Waals surface area contributed by atoms with Crippen LogP contribution in [0.1, 0.15) is 46.3 Å². The summed E-state index contributed by atoms with van der Waals surface area (Å²) in [6.07, 6.45) is 5.49. The van der Waals surface area contributed by atoms with E-state index in [9.17, 15) is 14.4 Å². The second-order valence-electron chi connectivity index (χ2n) is 6.84. The van der Waals surface area contributed by atoms with Gasteiger partial charge in [-0.05, 0) is 55.5 Å². The normalized spacial score (nSPS) is 13.0. The Bertz CT molecular complexity index is 898. The summed E-state index contributed by atoms with van der Waals surface area (Å²) in [5.74, 6) is -0.775. The van der Waals surface area contributed by atoms with Gasteiger partial charge in [-0.25, -0.2) is 4.79 Å². The van der Waals surface area contributed by atoms with Gasteiger partial charge in [0.15, 0.2) is 6.61 Å². The number of ether oxygens (including phenoxy) is 2. The number of rotatable bonds is 6. The van der Waals surface area contributed by atoms with Gasteiger partial charge in [0.05, 0.1) is 12.8 Å². The summed E-state index contributed by atoms with van der Waals surface area (Å²) in [7, 11) is 1.48. The van der Waals surface area contributed by atoms with Crippen molar-refractivity contribution in [2.75, 3.05) is 24.4 Å². The molecule has 1 heterocycles. The van der Waals surface area contributed by atoms with Gasteiger partial charge in [0, 0.05) is 17.5 Å². The zero-order valence-electron chi connectivity index (χ0n) is 16.5. The number of hydrogen-bond donors (Lipinski definition) is 2. The van der Waals surface area contributed by atoms with E-state index in [-0.39, 0.29) is 5.91 Å². The molecule has 0 unspecified atom stereocenters. The van der Waals surface area contributed by atoms with Crippen LogP contribution in [0.2, 0.25) is 0 Å². The van der Waals surface area contributed by atoms with Crippen molar-refractivity contribution < 1.29 is 23.9 Å². The van der Waals surface area contributed by atoms with Crippen molar-refractivity contribution >= 4 is 40.5 Å². The van der Waals surface area contributed by atoms with Crippen molar-refractivity contribution in [1.82, 2.24) is 0 Å². The van der Waals surface area contributed by atoms with Crippen LogP contribution < -0.4 is 15.4 Å². The first-order valence-corrected chi connectivity index (χ1v) is 10.3. The van der Waals surface area contributed by atoms with Crippen LogP contribution >= 0.6 is 11.3 Å². The van der Waals surface area contributed by atoms with Gasteiger partial charge in [0.1, 0.15) is 10.6 Å². The van der Waals surface area contributed by atoms with Gasteiger partial charge >= 0.3 is 5.97 Å². The van der Waals surface area contributed by atoms with E-state index in [0.717, 1.165) is 25.7 Å². The molecule has 0 aliphatic heterocycles. The number of nitrogens with one attached hydrogen (secondary N) is 2. The van der Waals surface area contributed by atoms with Gasteiger partial charge in [0.2, 0.25) is 5.91 Å². The highest BCUT2D eigenvalue weighted by atomic mass is 32.1. The zero-order valence-corrected chi connectivity index (χ0v) is 17.3. The van der Waals surface area contributed by atoms with Crippen LogP contribution in [0.3, 0.4) is 0 Å². The smallest absolute Gasteiger partial charge is 0.348 e. The van der Waals surface area contributed by atoms with E-state index in [1.54, 1.807) is 18.2 Å². The first-order valence-electron chi connectivity index (χ1n) is 9.50. The molecular formula is C21H24N2O5S. The van der Waals surface area contributed by atoms with E-state index < -0.39 is 18.5 Å². The number of thiophene rings is 1. The number of carbonyl (C=O) groups excluding carboxylic acids is 3. The minimum absolute atomic E-state index is 0.226. The molecule has 8 heteroatoms. The number of methoxy groups -OCH3 is 1. The number of carbonyl (C=O) groups is 3. The molecule has 1 aliphatic rings. The predicted molar refractivity (Wildman–Crippen MR) is 112 cm³/mol. The van der Waals surface area contributed by atoms with E-state index in [4.69, 9.17) is 9.47 Å². The third-order valence-electron chi connectivity index (χ3n) is 4.58. The molecular weight excluding hydrogens is 392 g/mol. The highest BCUT2D eigenvalue weighted by Crippen LogP contribution is 2.30. The standard InChI is InChI=1S/C21H24N2O5S/c1-13(24)22-15-8-9-17(27-2)16(11-15)23-20(25)12-28-21(26)19-10-14-6-4-3-5-7-18(14)29-19/h8-11H,3-7,12H2,1-2H3,(H,22,24)(H,23,25). The molecule has 7 nitrogen and oxygen atoms in total. The lowest BCUT2D eigenvalue weighted by molar-refractivity contribution is -0.119. The lowest BCUT2D eigenvalue weighted by Crippen LogP contribution is -2.21. The van der Waals surface area contributed by atoms with Crippen LogP contribution in [-0.4, -0.2) is 31.5 Å². The van der Waals surface area contributed by atoms with Gasteiger partial charge in [-0.15, -0.1) is 11.3 Å². The summed E-state index contributed by atoms with van der Waals surface area (Å²) in [5, 5.41) is 5.29. The predicted octanol–water partition coefficient (Wildman–Crippen LogP) is 3.78. The van der Waals surface area contributed by atoms with E-state index in [1.807, 2.05) is 6.07 Å². The Balaban J connectivity index is 1.59. The molecule has 2 N–H and O–H groups in total. The van der Waals surface area contributed by atoms with Crippen molar-refractivity contribution in [2.24, 2.45) is 0 Å². The number of esters is 1. The maximum Gasteiger partial charge on any atom is 0.348 e. The van der Waals surface area contributed by atoms with E-state index in [1.165, 1.54) is 42.2 Å². The summed E-state index contributed by atoms with van der Waals surface area (Å²) < 4.78 is 10.4. The van der Waals surface area contributed by atoms with Crippen LogP contribution in [-0.2, 0) is 27.2 Å². The Hall–Kier alpha value is -2.87. The van der Waals surface area contributed by atoms with Crippen molar-refractivity contribution in [3.8, 4) is 5.75 Å². The average molecular weight is 416 g/mol. The summed E-state index contributed by atoms with van der Waals surface area (Å²) in [6, 6.07) is 6.77. The van der Waals surface area contributed by atoms with Crippen LogP contribution in [0.15, 0.2) is 24.3 Å². The molecule has 0 bridgehead atoms. The average Bonchev–Trinajstić information content (AvgIpc) is 2.96. The first kappa shape index (κ1) is 20.9. The van der Waals surface area contributed by atoms with Gasteiger partial charge in [-0.1, -0.05) is 6.42 Å². The number of hydrogen-bond acceptors (Lipinski definition) is 6. The van der Waals surface area contributed by atoms with Crippen LogP contribution in [0.5, 0.6) is 5.75 Å². The van der Waals surface area contributed by atoms with Crippen molar-refractivity contribution in [3.63, 3.8) is 0 Å². The van der Waals surface area contributed by atoms with Crippen LogP contribution in [0.25, 0.3) is 0 Å². The monoisotopic (exact) mass is 416 g/mol. The van der Waals surface area contributed by atoms with Crippen molar-refractivity contribution in [1.29, 1.82) is 0 Å². The molecule has 0 radical (unpaired) electrons. The Morgan fingerprint density at radius 1 is 1.07 bits per heavy atom. The molecule has 0 saturated heterocycles. The lowest BCUT2D eigenvalue weighted by atomic mass is 10.1. The minimum atomic E-state index is -0.491. The van der Waals surface area contributed by atoms with Crippen LogP contribution in [0.4, 0.5) is 11.4 Å². The first-order chi connectivity index (χ1) is 14.0. The third-order valence-corrected chi connectivity index (χ3v) is 5.79. The quantitative estimate of drug-likeness (QED) is 0.552. The molecule has 2 amide bonds. The summed E-state index contributed by atoms with van der Waals surface area (Å²) in [5.41, 5.74) is 2.12. The molecule has 0 spiro atoms. The third kappa shape index (κ3) is 5.57. The molecule has 2 aromatic rings. The van der Waals surface area contributed by atoms with Gasteiger partial charge in [-0.2, -0.15) is 0 Å². The summed E-state index contributed by atoms with van der Waals surface area (Å²) in [4.78, 5) is 37.6. The maximum atomic E-state index is 12.3. The number of aryl methyl sites for hydroxylation is 2. The molecule has 29 heavy (non-hydrogen) atoms. The molecule has 0 fully saturated rings. The number of anilines is 2. The second-order valence-corrected chi connectivity index (χ2v) is 7.98. The fourth-order valence-electron chi connectivity index (χ4n) is 3.24. The Morgan fingerprint density at radius 2 is 1.86 bits per heavy atom. The molecule has 0 saturated carbocycles. The highest BCUT2D eigenvalue weighted by molar-refractivity contribution is 7.14. The minimum Gasteiger partial charge on any atom is -0.495 e.